The number of ketones is 1. The fourth-order valence-electron chi connectivity index (χ4n) is 2.37. The van der Waals surface area contributed by atoms with Crippen molar-refractivity contribution in [3.8, 4) is 5.69 Å². The molecule has 1 aromatic heterocycles. The fourth-order valence-corrected chi connectivity index (χ4v) is 2.37. The molecular weight excluding hydrogens is 329 g/mol. The van der Waals surface area contributed by atoms with E-state index >= 15 is 0 Å². The normalized spacial score (nSPS) is 11.2. The minimum absolute atomic E-state index is 0.324. The highest BCUT2D eigenvalue weighted by Crippen LogP contribution is 2.16. The highest BCUT2D eigenvalue weighted by atomic mass is 19.2. The Balaban J connectivity index is 1.84. The van der Waals surface area contributed by atoms with Crippen LogP contribution in [0.1, 0.15) is 21.6 Å². The molecule has 0 unspecified atom stereocenters. The van der Waals surface area contributed by atoms with Crippen molar-refractivity contribution in [3.05, 3.63) is 89.0 Å². The molecule has 0 saturated heterocycles. The number of nitrogens with zero attached hydrogens (tertiary/aromatic N) is 2. The minimum atomic E-state index is -0.977. The van der Waals surface area contributed by atoms with Gasteiger partial charge in [-0.15, -0.1) is 0 Å². The molecule has 0 atom stereocenters. The predicted molar refractivity (Wildman–Crippen MR) is 88.0 cm³/mol. The Kier molecular flexibility index (Phi) is 4.52. The molecule has 0 bridgehead atoms. The Morgan fingerprint density at radius 2 is 1.76 bits per heavy atom. The average molecular weight is 342 g/mol. The molecule has 3 rings (SSSR count). The number of hydrogen-bond donors (Lipinski definition) is 0. The smallest absolute Gasteiger partial charge is 0.189 e. The molecule has 0 fully saturated rings. The molecule has 3 aromatic rings. The fraction of sp³-hybridized carbons (Fsp3) is 0.0526. The van der Waals surface area contributed by atoms with Crippen LogP contribution in [0.25, 0.3) is 11.8 Å². The van der Waals surface area contributed by atoms with E-state index in [0.29, 0.717) is 22.5 Å². The summed E-state index contributed by atoms with van der Waals surface area (Å²) in [6.07, 6.45) is 4.09. The van der Waals surface area contributed by atoms with Crippen molar-refractivity contribution in [2.75, 3.05) is 0 Å². The van der Waals surface area contributed by atoms with Gasteiger partial charge in [-0.05, 0) is 55.0 Å². The van der Waals surface area contributed by atoms with Gasteiger partial charge in [-0.1, -0.05) is 12.1 Å². The Hall–Kier alpha value is -3.15. The van der Waals surface area contributed by atoms with Crippen LogP contribution < -0.4 is 0 Å². The summed E-state index contributed by atoms with van der Waals surface area (Å²) in [5.74, 6) is -2.61. The minimum Gasteiger partial charge on any atom is -0.289 e. The molecule has 1 heterocycles. The van der Waals surface area contributed by atoms with Crippen molar-refractivity contribution >= 4 is 11.9 Å². The van der Waals surface area contributed by atoms with Crippen molar-refractivity contribution in [1.82, 2.24) is 9.78 Å². The Morgan fingerprint density at radius 1 is 1.04 bits per heavy atom. The van der Waals surface area contributed by atoms with E-state index in [1.807, 2.05) is 0 Å². The van der Waals surface area contributed by atoms with Gasteiger partial charge in [0.25, 0.3) is 0 Å². The summed E-state index contributed by atoms with van der Waals surface area (Å²) < 4.78 is 40.6. The van der Waals surface area contributed by atoms with E-state index in [1.165, 1.54) is 41.2 Å². The van der Waals surface area contributed by atoms with Gasteiger partial charge in [0, 0.05) is 0 Å². The Labute approximate surface area is 142 Å². The molecule has 0 aliphatic carbocycles. The first-order valence-corrected chi connectivity index (χ1v) is 7.44. The zero-order chi connectivity index (χ0) is 18.0. The zero-order valence-electron chi connectivity index (χ0n) is 13.2. The average Bonchev–Trinajstić information content (AvgIpc) is 2.98. The second-order valence-corrected chi connectivity index (χ2v) is 5.40. The largest absolute Gasteiger partial charge is 0.289 e. The van der Waals surface area contributed by atoms with Crippen molar-refractivity contribution in [2.24, 2.45) is 0 Å². The highest BCUT2D eigenvalue weighted by Gasteiger charge is 2.13. The van der Waals surface area contributed by atoms with E-state index in [2.05, 4.69) is 5.10 Å². The third-order valence-electron chi connectivity index (χ3n) is 3.72. The van der Waals surface area contributed by atoms with Gasteiger partial charge < -0.3 is 0 Å². The second kappa shape index (κ2) is 6.76. The molecule has 0 radical (unpaired) electrons. The lowest BCUT2D eigenvalue weighted by Crippen LogP contribution is -2.01. The zero-order valence-corrected chi connectivity index (χ0v) is 13.2. The van der Waals surface area contributed by atoms with Crippen LogP contribution in [0.15, 0.2) is 54.7 Å². The standard InChI is InChI=1S/C19H13F3N2O/c1-12-16(11-23-24(12)15-6-4-14(20)5-7-15)19(25)9-3-13-2-8-17(21)18(22)10-13/h2-11H,1H3. The predicted octanol–water partition coefficient (Wildman–Crippen LogP) is 4.49. The summed E-state index contributed by atoms with van der Waals surface area (Å²) in [5, 5.41) is 4.15. The van der Waals surface area contributed by atoms with Gasteiger partial charge in [-0.3, -0.25) is 4.79 Å². The molecule has 0 aliphatic heterocycles. The molecule has 0 spiro atoms. The topological polar surface area (TPSA) is 34.9 Å². The summed E-state index contributed by atoms with van der Waals surface area (Å²) in [4.78, 5) is 12.3. The third-order valence-corrected chi connectivity index (χ3v) is 3.72. The summed E-state index contributed by atoms with van der Waals surface area (Å²) in [7, 11) is 0. The molecule has 0 N–H and O–H groups in total. The van der Waals surface area contributed by atoms with Gasteiger partial charge in [0.1, 0.15) is 5.82 Å². The number of rotatable bonds is 4. The molecule has 126 valence electrons. The molecule has 2 aromatic carbocycles. The summed E-state index contributed by atoms with van der Waals surface area (Å²) >= 11 is 0. The van der Waals surface area contributed by atoms with Gasteiger partial charge in [0.05, 0.1) is 23.1 Å². The van der Waals surface area contributed by atoms with Gasteiger partial charge in [-0.25, -0.2) is 17.9 Å². The summed E-state index contributed by atoms with van der Waals surface area (Å²) in [5.41, 5.74) is 1.95. The molecule has 3 nitrogen and oxygen atoms in total. The van der Waals surface area contributed by atoms with E-state index in [1.54, 1.807) is 19.1 Å². The summed E-state index contributed by atoms with van der Waals surface area (Å²) in [6, 6.07) is 9.10. The molecule has 0 saturated carbocycles. The highest BCUT2D eigenvalue weighted by molar-refractivity contribution is 6.07. The molecule has 25 heavy (non-hydrogen) atoms. The van der Waals surface area contributed by atoms with Crippen molar-refractivity contribution in [1.29, 1.82) is 0 Å². The maximum atomic E-state index is 13.2. The number of carbonyl (C=O) groups excluding carboxylic acids is 1. The van der Waals surface area contributed by atoms with E-state index in [4.69, 9.17) is 0 Å². The summed E-state index contributed by atoms with van der Waals surface area (Å²) in [6.45, 7) is 1.72. The quantitative estimate of drug-likeness (QED) is 0.517. The van der Waals surface area contributed by atoms with Gasteiger partial charge in [0.2, 0.25) is 0 Å². The van der Waals surface area contributed by atoms with Crippen LogP contribution in [0.4, 0.5) is 13.2 Å². The number of aromatic nitrogens is 2. The SMILES string of the molecule is Cc1c(C(=O)C=Cc2ccc(F)c(F)c2)cnn1-c1ccc(F)cc1. The molecular formula is C19H13F3N2O. The molecule has 0 amide bonds. The van der Waals surface area contributed by atoms with Gasteiger partial charge >= 0.3 is 0 Å². The third kappa shape index (κ3) is 3.52. The van der Waals surface area contributed by atoms with Crippen LogP contribution in [-0.4, -0.2) is 15.6 Å². The first-order valence-electron chi connectivity index (χ1n) is 7.44. The maximum absolute atomic E-state index is 13.2. The number of hydrogen-bond acceptors (Lipinski definition) is 2. The first-order chi connectivity index (χ1) is 12.0. The second-order valence-electron chi connectivity index (χ2n) is 5.40. The lowest BCUT2D eigenvalue weighted by molar-refractivity contribution is 0.104. The van der Waals surface area contributed by atoms with E-state index in [-0.39, 0.29) is 11.6 Å². The van der Waals surface area contributed by atoms with Crippen LogP contribution in [0, 0.1) is 24.4 Å². The maximum Gasteiger partial charge on any atom is 0.189 e. The molecule has 6 heteroatoms. The van der Waals surface area contributed by atoms with Crippen molar-refractivity contribution in [3.63, 3.8) is 0 Å². The van der Waals surface area contributed by atoms with Crippen molar-refractivity contribution < 1.29 is 18.0 Å². The lowest BCUT2D eigenvalue weighted by Gasteiger charge is -2.04. The molecule has 0 aliphatic rings. The van der Waals surface area contributed by atoms with Gasteiger partial charge in [-0.2, -0.15) is 5.10 Å². The number of carbonyl (C=O) groups is 1. The van der Waals surface area contributed by atoms with Crippen LogP contribution in [0.3, 0.4) is 0 Å². The van der Waals surface area contributed by atoms with E-state index in [9.17, 15) is 18.0 Å². The van der Waals surface area contributed by atoms with Gasteiger partial charge in [0.15, 0.2) is 17.4 Å². The van der Waals surface area contributed by atoms with E-state index < -0.39 is 11.6 Å². The number of halogens is 3. The van der Waals surface area contributed by atoms with Crippen LogP contribution in [0.5, 0.6) is 0 Å². The van der Waals surface area contributed by atoms with Crippen LogP contribution >= 0.6 is 0 Å². The number of allylic oxidation sites excluding steroid dienone is 1. The van der Waals surface area contributed by atoms with E-state index in [0.717, 1.165) is 12.1 Å². The lowest BCUT2D eigenvalue weighted by atomic mass is 10.1. The Bertz CT molecular complexity index is 959. The van der Waals surface area contributed by atoms with Crippen LogP contribution in [0.2, 0.25) is 0 Å². The first kappa shape index (κ1) is 16.7. The van der Waals surface area contributed by atoms with Crippen molar-refractivity contribution in [2.45, 2.75) is 6.92 Å². The number of benzene rings is 2. The monoisotopic (exact) mass is 342 g/mol. The van der Waals surface area contributed by atoms with Crippen LogP contribution in [-0.2, 0) is 0 Å². The Morgan fingerprint density at radius 3 is 2.44 bits per heavy atom.